The molecule has 4 nitrogen and oxygen atoms in total. The molecule has 0 spiro atoms. The van der Waals surface area contributed by atoms with Crippen molar-refractivity contribution in [3.8, 4) is 0 Å². The number of nitrogens with zero attached hydrogens (tertiary/aromatic N) is 3. The first-order chi connectivity index (χ1) is 8.13. The third-order valence-electron chi connectivity index (χ3n) is 3.30. The second-order valence-corrected chi connectivity index (χ2v) is 4.62. The van der Waals surface area contributed by atoms with Crippen LogP contribution in [0.5, 0.6) is 0 Å². The van der Waals surface area contributed by atoms with E-state index in [1.807, 2.05) is 0 Å². The Morgan fingerprint density at radius 2 is 1.88 bits per heavy atom. The van der Waals surface area contributed by atoms with Crippen LogP contribution in [0.4, 0.5) is 0 Å². The Morgan fingerprint density at radius 3 is 2.41 bits per heavy atom. The highest BCUT2D eigenvalue weighted by molar-refractivity contribution is 4.95. The standard InChI is InChI=1S/C13H26N4/c1-6-12-15-13(7-2)17(16-12)11(5)10(4)9-14-8-3/h10-11,14H,6-9H2,1-5H3. The molecule has 2 atom stereocenters. The molecule has 0 saturated carbocycles. The Morgan fingerprint density at radius 1 is 1.18 bits per heavy atom. The zero-order chi connectivity index (χ0) is 12.8. The summed E-state index contributed by atoms with van der Waals surface area (Å²) in [6.45, 7) is 12.9. The molecular formula is C13H26N4. The molecule has 17 heavy (non-hydrogen) atoms. The van der Waals surface area contributed by atoms with Gasteiger partial charge in [-0.05, 0) is 25.9 Å². The van der Waals surface area contributed by atoms with Crippen LogP contribution in [0.15, 0.2) is 0 Å². The SMILES string of the molecule is CCNCC(C)C(C)n1nc(CC)nc1CC. The van der Waals surface area contributed by atoms with Crippen LogP contribution in [0.2, 0.25) is 0 Å². The average Bonchev–Trinajstić information content (AvgIpc) is 2.78. The zero-order valence-corrected chi connectivity index (χ0v) is 11.8. The van der Waals surface area contributed by atoms with Crippen molar-refractivity contribution in [1.29, 1.82) is 0 Å². The predicted octanol–water partition coefficient (Wildman–Crippen LogP) is 2.21. The van der Waals surface area contributed by atoms with Crippen LogP contribution in [-0.4, -0.2) is 27.9 Å². The van der Waals surface area contributed by atoms with Crippen LogP contribution in [0.25, 0.3) is 0 Å². The summed E-state index contributed by atoms with van der Waals surface area (Å²) < 4.78 is 2.11. The lowest BCUT2D eigenvalue weighted by Gasteiger charge is -2.21. The van der Waals surface area contributed by atoms with Crippen LogP contribution in [-0.2, 0) is 12.8 Å². The number of aromatic nitrogens is 3. The van der Waals surface area contributed by atoms with E-state index in [4.69, 9.17) is 0 Å². The summed E-state index contributed by atoms with van der Waals surface area (Å²) in [6, 6.07) is 0.400. The number of rotatable bonds is 7. The Hall–Kier alpha value is -0.900. The first-order valence-corrected chi connectivity index (χ1v) is 6.78. The molecule has 0 aliphatic carbocycles. The van der Waals surface area contributed by atoms with Crippen LogP contribution in [0, 0.1) is 5.92 Å². The van der Waals surface area contributed by atoms with E-state index < -0.39 is 0 Å². The molecule has 1 rings (SSSR count). The molecule has 1 heterocycles. The van der Waals surface area contributed by atoms with Crippen molar-refractivity contribution in [2.75, 3.05) is 13.1 Å². The van der Waals surface area contributed by atoms with Gasteiger partial charge in [-0.3, -0.25) is 0 Å². The fraction of sp³-hybridized carbons (Fsp3) is 0.846. The van der Waals surface area contributed by atoms with Gasteiger partial charge in [0, 0.05) is 12.8 Å². The molecule has 1 N–H and O–H groups in total. The third kappa shape index (κ3) is 3.53. The van der Waals surface area contributed by atoms with Gasteiger partial charge in [-0.1, -0.05) is 27.7 Å². The fourth-order valence-corrected chi connectivity index (χ4v) is 1.91. The van der Waals surface area contributed by atoms with Crippen LogP contribution in [0.3, 0.4) is 0 Å². The molecule has 0 aliphatic heterocycles. The maximum atomic E-state index is 4.61. The molecule has 0 aromatic carbocycles. The van der Waals surface area contributed by atoms with Crippen molar-refractivity contribution >= 4 is 0 Å². The second-order valence-electron chi connectivity index (χ2n) is 4.62. The van der Waals surface area contributed by atoms with Crippen molar-refractivity contribution in [3.05, 3.63) is 11.6 Å². The third-order valence-corrected chi connectivity index (χ3v) is 3.30. The Balaban J connectivity index is 2.78. The minimum Gasteiger partial charge on any atom is -0.317 e. The molecule has 1 aromatic rings. The Bertz CT molecular complexity index is 332. The van der Waals surface area contributed by atoms with E-state index >= 15 is 0 Å². The smallest absolute Gasteiger partial charge is 0.150 e. The highest BCUT2D eigenvalue weighted by Gasteiger charge is 2.18. The van der Waals surface area contributed by atoms with Crippen LogP contribution < -0.4 is 5.32 Å². The molecule has 0 bridgehead atoms. The molecule has 4 heteroatoms. The molecule has 0 aliphatic rings. The summed E-state index contributed by atoms with van der Waals surface area (Å²) in [4.78, 5) is 4.56. The highest BCUT2D eigenvalue weighted by Crippen LogP contribution is 2.18. The first-order valence-electron chi connectivity index (χ1n) is 6.78. The summed E-state index contributed by atoms with van der Waals surface area (Å²) in [5.74, 6) is 2.63. The lowest BCUT2D eigenvalue weighted by atomic mass is 10.0. The van der Waals surface area contributed by atoms with Gasteiger partial charge in [0.1, 0.15) is 5.82 Å². The van der Waals surface area contributed by atoms with E-state index in [0.717, 1.165) is 37.6 Å². The number of nitrogens with one attached hydrogen (secondary N) is 1. The van der Waals surface area contributed by atoms with Crippen molar-refractivity contribution in [2.45, 2.75) is 53.5 Å². The normalized spacial score (nSPS) is 14.9. The van der Waals surface area contributed by atoms with Crippen LogP contribution in [0.1, 0.15) is 52.3 Å². The first kappa shape index (κ1) is 14.2. The maximum Gasteiger partial charge on any atom is 0.150 e. The molecule has 2 unspecified atom stereocenters. The number of hydrogen-bond donors (Lipinski definition) is 1. The zero-order valence-electron chi connectivity index (χ0n) is 11.8. The maximum absolute atomic E-state index is 4.61. The molecule has 0 radical (unpaired) electrons. The monoisotopic (exact) mass is 238 g/mol. The van der Waals surface area contributed by atoms with Crippen molar-refractivity contribution in [2.24, 2.45) is 5.92 Å². The van der Waals surface area contributed by atoms with E-state index in [1.165, 1.54) is 0 Å². The van der Waals surface area contributed by atoms with E-state index in [2.05, 4.69) is 54.7 Å². The molecular weight excluding hydrogens is 212 g/mol. The minimum absolute atomic E-state index is 0.400. The Labute approximate surface area is 105 Å². The summed E-state index contributed by atoms with van der Waals surface area (Å²) in [6.07, 6.45) is 1.86. The van der Waals surface area contributed by atoms with Crippen molar-refractivity contribution in [1.82, 2.24) is 20.1 Å². The molecule has 0 amide bonds. The van der Waals surface area contributed by atoms with Gasteiger partial charge < -0.3 is 5.32 Å². The van der Waals surface area contributed by atoms with E-state index in [-0.39, 0.29) is 0 Å². The van der Waals surface area contributed by atoms with Gasteiger partial charge in [0.15, 0.2) is 5.82 Å². The largest absolute Gasteiger partial charge is 0.317 e. The van der Waals surface area contributed by atoms with Crippen molar-refractivity contribution in [3.63, 3.8) is 0 Å². The number of aryl methyl sites for hydroxylation is 2. The lowest BCUT2D eigenvalue weighted by Crippen LogP contribution is -2.28. The summed E-state index contributed by atoms with van der Waals surface area (Å²) in [7, 11) is 0. The summed E-state index contributed by atoms with van der Waals surface area (Å²) in [5.41, 5.74) is 0. The van der Waals surface area contributed by atoms with E-state index in [9.17, 15) is 0 Å². The highest BCUT2D eigenvalue weighted by atomic mass is 15.4. The van der Waals surface area contributed by atoms with Gasteiger partial charge in [0.25, 0.3) is 0 Å². The summed E-state index contributed by atoms with van der Waals surface area (Å²) in [5, 5.41) is 8.00. The average molecular weight is 238 g/mol. The van der Waals surface area contributed by atoms with Gasteiger partial charge in [0.05, 0.1) is 6.04 Å². The number of hydrogen-bond acceptors (Lipinski definition) is 3. The van der Waals surface area contributed by atoms with Gasteiger partial charge in [-0.15, -0.1) is 0 Å². The van der Waals surface area contributed by atoms with Gasteiger partial charge in [-0.2, -0.15) is 5.10 Å². The van der Waals surface area contributed by atoms with Gasteiger partial charge in [0.2, 0.25) is 0 Å². The van der Waals surface area contributed by atoms with Crippen molar-refractivity contribution < 1.29 is 0 Å². The van der Waals surface area contributed by atoms with Crippen LogP contribution >= 0.6 is 0 Å². The Kier molecular flexibility index (Phi) is 5.62. The molecule has 98 valence electrons. The summed E-state index contributed by atoms with van der Waals surface area (Å²) >= 11 is 0. The van der Waals surface area contributed by atoms with E-state index in [1.54, 1.807) is 0 Å². The fourth-order valence-electron chi connectivity index (χ4n) is 1.91. The predicted molar refractivity (Wildman–Crippen MR) is 71.2 cm³/mol. The topological polar surface area (TPSA) is 42.7 Å². The second kappa shape index (κ2) is 6.74. The quantitative estimate of drug-likeness (QED) is 0.792. The van der Waals surface area contributed by atoms with Gasteiger partial charge in [-0.25, -0.2) is 9.67 Å². The molecule has 0 saturated heterocycles. The van der Waals surface area contributed by atoms with E-state index in [0.29, 0.717) is 12.0 Å². The van der Waals surface area contributed by atoms with Gasteiger partial charge >= 0.3 is 0 Å². The molecule has 1 aromatic heterocycles. The lowest BCUT2D eigenvalue weighted by molar-refractivity contribution is 0.330. The molecule has 0 fully saturated rings. The minimum atomic E-state index is 0.400.